The second kappa shape index (κ2) is 7.05. The smallest absolute Gasteiger partial charge is 0.220 e. The molecule has 1 heterocycles. The van der Waals surface area contributed by atoms with E-state index in [-0.39, 0.29) is 11.8 Å². The predicted molar refractivity (Wildman–Crippen MR) is 78.5 cm³/mol. The third-order valence-electron chi connectivity index (χ3n) is 3.11. The van der Waals surface area contributed by atoms with Crippen molar-refractivity contribution in [3.8, 4) is 0 Å². The monoisotopic (exact) mass is 275 g/mol. The predicted octanol–water partition coefficient (Wildman–Crippen LogP) is 1.89. The van der Waals surface area contributed by atoms with E-state index in [1.807, 2.05) is 31.2 Å². The maximum absolute atomic E-state index is 11.7. The lowest BCUT2D eigenvalue weighted by atomic mass is 10.1. The summed E-state index contributed by atoms with van der Waals surface area (Å²) in [5.41, 5.74) is 1.99. The largest absolute Gasteiger partial charge is 0.384 e. The molecule has 0 fully saturated rings. The molecule has 1 aromatic carbocycles. The number of carbonyl (C=O) groups is 1. The van der Waals surface area contributed by atoms with Crippen molar-refractivity contribution in [2.45, 2.75) is 19.8 Å². The number of hydrogen-bond donors (Lipinski definition) is 2. The lowest BCUT2D eigenvalue weighted by molar-refractivity contribution is -0.122. The number of ether oxygens (including phenoxy) is 1. The molecule has 0 spiro atoms. The van der Waals surface area contributed by atoms with Gasteiger partial charge in [0, 0.05) is 33.1 Å². The van der Waals surface area contributed by atoms with Gasteiger partial charge in [0.15, 0.2) is 0 Å². The van der Waals surface area contributed by atoms with Gasteiger partial charge in [0.25, 0.3) is 0 Å². The van der Waals surface area contributed by atoms with E-state index >= 15 is 0 Å². The van der Waals surface area contributed by atoms with Crippen LogP contribution in [0.4, 0.5) is 0 Å². The zero-order valence-electron chi connectivity index (χ0n) is 12.0. The molecule has 5 heteroatoms. The third kappa shape index (κ3) is 4.06. The summed E-state index contributed by atoms with van der Waals surface area (Å²) in [5, 5.41) is 2.91. The van der Waals surface area contributed by atoms with Gasteiger partial charge in [0.2, 0.25) is 5.91 Å². The lowest BCUT2D eigenvalue weighted by Gasteiger charge is -2.09. The first-order chi connectivity index (χ1) is 9.69. The van der Waals surface area contributed by atoms with Crippen molar-refractivity contribution in [2.75, 3.05) is 20.3 Å². The van der Waals surface area contributed by atoms with Crippen LogP contribution in [0.3, 0.4) is 0 Å². The first-order valence-corrected chi connectivity index (χ1v) is 6.88. The molecule has 5 nitrogen and oxygen atoms in total. The quantitative estimate of drug-likeness (QED) is 0.811. The highest BCUT2D eigenvalue weighted by Gasteiger charge is 2.08. The summed E-state index contributed by atoms with van der Waals surface area (Å²) >= 11 is 0. The van der Waals surface area contributed by atoms with Crippen LogP contribution in [0.1, 0.15) is 19.2 Å². The number of benzene rings is 1. The van der Waals surface area contributed by atoms with Crippen molar-refractivity contribution in [1.29, 1.82) is 0 Å². The van der Waals surface area contributed by atoms with Crippen LogP contribution >= 0.6 is 0 Å². The summed E-state index contributed by atoms with van der Waals surface area (Å²) in [6.45, 7) is 3.21. The molecule has 108 valence electrons. The van der Waals surface area contributed by atoms with Gasteiger partial charge in [-0.15, -0.1) is 0 Å². The highest BCUT2D eigenvalue weighted by Crippen LogP contribution is 2.10. The van der Waals surface area contributed by atoms with Gasteiger partial charge in [-0.3, -0.25) is 4.79 Å². The van der Waals surface area contributed by atoms with E-state index < -0.39 is 0 Å². The minimum Gasteiger partial charge on any atom is -0.384 e. The normalized spacial score (nSPS) is 12.5. The van der Waals surface area contributed by atoms with Crippen LogP contribution in [-0.2, 0) is 16.0 Å². The molecule has 0 radical (unpaired) electrons. The fourth-order valence-electron chi connectivity index (χ4n) is 2.18. The first kappa shape index (κ1) is 14.5. The highest BCUT2D eigenvalue weighted by atomic mass is 16.5. The van der Waals surface area contributed by atoms with Crippen LogP contribution in [0.2, 0.25) is 0 Å². The van der Waals surface area contributed by atoms with Gasteiger partial charge in [-0.25, -0.2) is 4.98 Å². The Hall–Kier alpha value is -1.88. The molecule has 1 aromatic heterocycles. The molecule has 2 N–H and O–H groups in total. The second-order valence-corrected chi connectivity index (χ2v) is 5.07. The molecular formula is C15H21N3O2. The Balaban J connectivity index is 1.76. The number of nitrogens with zero attached hydrogens (tertiary/aromatic N) is 1. The standard InChI is InChI=1S/C15H21N3O2/c1-11(10-20-2)9-15(19)16-8-7-14-17-12-5-3-4-6-13(12)18-14/h3-6,11H,7-10H2,1-2H3,(H,16,19)(H,17,18). The minimum atomic E-state index is 0.0608. The molecule has 2 aromatic rings. The molecule has 0 aliphatic carbocycles. The third-order valence-corrected chi connectivity index (χ3v) is 3.11. The van der Waals surface area contributed by atoms with Crippen LogP contribution in [0, 0.1) is 5.92 Å². The number of para-hydroxylation sites is 2. The minimum absolute atomic E-state index is 0.0608. The number of imidazole rings is 1. The van der Waals surface area contributed by atoms with E-state index in [1.165, 1.54) is 0 Å². The summed E-state index contributed by atoms with van der Waals surface area (Å²) in [5.74, 6) is 1.20. The Morgan fingerprint density at radius 1 is 1.45 bits per heavy atom. The SMILES string of the molecule is COCC(C)CC(=O)NCCc1nc2ccccc2[nH]1. The van der Waals surface area contributed by atoms with E-state index in [0.717, 1.165) is 16.9 Å². The molecular weight excluding hydrogens is 254 g/mol. The Morgan fingerprint density at radius 3 is 3.00 bits per heavy atom. The molecule has 2 rings (SSSR count). The van der Waals surface area contributed by atoms with Crippen molar-refractivity contribution in [3.63, 3.8) is 0 Å². The van der Waals surface area contributed by atoms with Crippen molar-refractivity contribution in [1.82, 2.24) is 15.3 Å². The van der Waals surface area contributed by atoms with Crippen molar-refractivity contribution < 1.29 is 9.53 Å². The Bertz CT molecular complexity index is 532. The van der Waals surface area contributed by atoms with Crippen LogP contribution in [-0.4, -0.2) is 36.1 Å². The number of nitrogens with one attached hydrogen (secondary N) is 2. The number of amides is 1. The maximum atomic E-state index is 11.7. The van der Waals surface area contributed by atoms with Gasteiger partial charge in [-0.2, -0.15) is 0 Å². The maximum Gasteiger partial charge on any atom is 0.220 e. The topological polar surface area (TPSA) is 67.0 Å². The fraction of sp³-hybridized carbons (Fsp3) is 0.467. The second-order valence-electron chi connectivity index (χ2n) is 5.07. The van der Waals surface area contributed by atoms with Crippen LogP contribution in [0.5, 0.6) is 0 Å². The number of methoxy groups -OCH3 is 1. The van der Waals surface area contributed by atoms with Gasteiger partial charge < -0.3 is 15.0 Å². The number of rotatable bonds is 7. The van der Waals surface area contributed by atoms with Crippen LogP contribution in [0.15, 0.2) is 24.3 Å². The molecule has 0 saturated heterocycles. The molecule has 1 amide bonds. The number of aromatic nitrogens is 2. The molecule has 0 aliphatic rings. The van der Waals surface area contributed by atoms with Gasteiger partial charge in [-0.1, -0.05) is 19.1 Å². The van der Waals surface area contributed by atoms with E-state index in [1.54, 1.807) is 7.11 Å². The molecule has 1 atom stereocenters. The van der Waals surface area contributed by atoms with E-state index in [0.29, 0.717) is 26.0 Å². The van der Waals surface area contributed by atoms with Gasteiger partial charge in [-0.05, 0) is 18.1 Å². The fourth-order valence-corrected chi connectivity index (χ4v) is 2.18. The Labute approximate surface area is 118 Å². The summed E-state index contributed by atoms with van der Waals surface area (Å²) < 4.78 is 5.02. The molecule has 1 unspecified atom stereocenters. The summed E-state index contributed by atoms with van der Waals surface area (Å²) in [4.78, 5) is 19.4. The average Bonchev–Trinajstić information content (AvgIpc) is 2.81. The zero-order valence-corrected chi connectivity index (χ0v) is 12.0. The molecule has 20 heavy (non-hydrogen) atoms. The summed E-state index contributed by atoms with van der Waals surface area (Å²) in [6, 6.07) is 7.91. The van der Waals surface area contributed by atoms with Crippen molar-refractivity contribution in [2.24, 2.45) is 5.92 Å². The van der Waals surface area contributed by atoms with E-state index in [2.05, 4.69) is 15.3 Å². The average molecular weight is 275 g/mol. The molecule has 0 bridgehead atoms. The number of hydrogen-bond acceptors (Lipinski definition) is 3. The summed E-state index contributed by atoms with van der Waals surface area (Å²) in [6.07, 6.45) is 1.20. The van der Waals surface area contributed by atoms with Gasteiger partial charge >= 0.3 is 0 Å². The molecule has 0 aliphatic heterocycles. The number of H-pyrrole nitrogens is 1. The summed E-state index contributed by atoms with van der Waals surface area (Å²) in [7, 11) is 1.65. The van der Waals surface area contributed by atoms with Crippen LogP contribution < -0.4 is 5.32 Å². The van der Waals surface area contributed by atoms with Crippen molar-refractivity contribution in [3.05, 3.63) is 30.1 Å². The zero-order chi connectivity index (χ0) is 14.4. The Kier molecular flexibility index (Phi) is 5.12. The number of aromatic amines is 1. The molecule has 0 saturated carbocycles. The van der Waals surface area contributed by atoms with E-state index in [9.17, 15) is 4.79 Å². The Morgan fingerprint density at radius 2 is 2.25 bits per heavy atom. The number of carbonyl (C=O) groups excluding carboxylic acids is 1. The van der Waals surface area contributed by atoms with Gasteiger partial charge in [0.1, 0.15) is 5.82 Å². The first-order valence-electron chi connectivity index (χ1n) is 6.88. The van der Waals surface area contributed by atoms with Gasteiger partial charge in [0.05, 0.1) is 11.0 Å². The van der Waals surface area contributed by atoms with E-state index in [4.69, 9.17) is 4.74 Å². The highest BCUT2D eigenvalue weighted by molar-refractivity contribution is 5.76. The lowest BCUT2D eigenvalue weighted by Crippen LogP contribution is -2.28. The van der Waals surface area contributed by atoms with Crippen LogP contribution in [0.25, 0.3) is 11.0 Å². The number of fused-ring (bicyclic) bond motifs is 1. The van der Waals surface area contributed by atoms with Crippen molar-refractivity contribution >= 4 is 16.9 Å².